The minimum atomic E-state index is -3.22. The van der Waals surface area contributed by atoms with E-state index in [0.29, 0.717) is 12.3 Å². The molecule has 0 heterocycles. The minimum absolute atomic E-state index is 0.0370. The fourth-order valence-corrected chi connectivity index (χ4v) is 3.74. The predicted molar refractivity (Wildman–Crippen MR) is 109 cm³/mol. The summed E-state index contributed by atoms with van der Waals surface area (Å²) in [6, 6.07) is 15.3. The molecule has 7 heteroatoms. The van der Waals surface area contributed by atoms with E-state index in [4.69, 9.17) is 4.74 Å². The summed E-state index contributed by atoms with van der Waals surface area (Å²) in [5, 5.41) is 3.06. The van der Waals surface area contributed by atoms with Gasteiger partial charge >= 0.3 is 0 Å². The van der Waals surface area contributed by atoms with Crippen molar-refractivity contribution in [3.63, 3.8) is 0 Å². The van der Waals surface area contributed by atoms with Crippen molar-refractivity contribution in [3.8, 4) is 5.75 Å². The molecule has 0 spiro atoms. The third-order valence-corrected chi connectivity index (χ3v) is 6.23. The highest BCUT2D eigenvalue weighted by Crippen LogP contribution is 2.29. The van der Waals surface area contributed by atoms with Crippen molar-refractivity contribution in [2.24, 2.45) is 0 Å². The quantitative estimate of drug-likeness (QED) is 0.773. The Morgan fingerprint density at radius 3 is 2.61 bits per heavy atom. The Labute approximate surface area is 166 Å². The number of nitrogens with one attached hydrogen (secondary N) is 1. The SMILES string of the molecule is CN(Cc1ccc(OCC(=O)N[C@H]2CCCc3ccccc32)cc1)S(C)(=O)=O. The molecule has 0 unspecified atom stereocenters. The monoisotopic (exact) mass is 402 g/mol. The molecule has 2 aromatic carbocycles. The van der Waals surface area contributed by atoms with Crippen molar-refractivity contribution in [1.82, 2.24) is 9.62 Å². The minimum Gasteiger partial charge on any atom is -0.484 e. The van der Waals surface area contributed by atoms with E-state index in [1.165, 1.54) is 28.7 Å². The fraction of sp³-hybridized carbons (Fsp3) is 0.381. The molecular formula is C21H26N2O4S. The van der Waals surface area contributed by atoms with Crippen LogP contribution >= 0.6 is 0 Å². The third-order valence-electron chi connectivity index (χ3n) is 4.97. The first-order chi connectivity index (χ1) is 13.3. The number of carbonyl (C=O) groups excluding carboxylic acids is 1. The number of ether oxygens (including phenoxy) is 1. The van der Waals surface area contributed by atoms with Gasteiger partial charge in [0.05, 0.1) is 12.3 Å². The lowest BCUT2D eigenvalue weighted by Gasteiger charge is -2.26. The molecule has 0 bridgehead atoms. The van der Waals surface area contributed by atoms with Gasteiger partial charge in [0.25, 0.3) is 5.91 Å². The van der Waals surface area contributed by atoms with Gasteiger partial charge in [0.2, 0.25) is 10.0 Å². The van der Waals surface area contributed by atoms with Crippen LogP contribution < -0.4 is 10.1 Å². The number of hydrogen-bond donors (Lipinski definition) is 1. The molecular weight excluding hydrogens is 376 g/mol. The Kier molecular flexibility index (Phi) is 6.36. The highest BCUT2D eigenvalue weighted by molar-refractivity contribution is 7.88. The molecule has 0 aromatic heterocycles. The summed E-state index contributed by atoms with van der Waals surface area (Å²) in [4.78, 5) is 12.3. The molecule has 0 saturated carbocycles. The zero-order chi connectivity index (χ0) is 20.1. The zero-order valence-electron chi connectivity index (χ0n) is 16.2. The van der Waals surface area contributed by atoms with Gasteiger partial charge in [-0.2, -0.15) is 0 Å². The van der Waals surface area contributed by atoms with Gasteiger partial charge < -0.3 is 10.1 Å². The van der Waals surface area contributed by atoms with E-state index < -0.39 is 10.0 Å². The van der Waals surface area contributed by atoms with E-state index in [1.807, 2.05) is 12.1 Å². The Morgan fingerprint density at radius 2 is 1.89 bits per heavy atom. The van der Waals surface area contributed by atoms with Crippen molar-refractivity contribution in [2.45, 2.75) is 31.8 Å². The topological polar surface area (TPSA) is 75.7 Å². The smallest absolute Gasteiger partial charge is 0.258 e. The number of sulfonamides is 1. The molecule has 1 atom stereocenters. The van der Waals surface area contributed by atoms with Crippen LogP contribution in [0.1, 0.15) is 35.6 Å². The number of nitrogens with zero attached hydrogens (tertiary/aromatic N) is 1. The van der Waals surface area contributed by atoms with Crippen molar-refractivity contribution in [1.29, 1.82) is 0 Å². The van der Waals surface area contributed by atoms with Crippen molar-refractivity contribution >= 4 is 15.9 Å². The van der Waals surface area contributed by atoms with Crippen LogP contribution in [0, 0.1) is 0 Å². The highest BCUT2D eigenvalue weighted by atomic mass is 32.2. The summed E-state index contributed by atoms with van der Waals surface area (Å²) in [5.41, 5.74) is 3.35. The van der Waals surface area contributed by atoms with Gasteiger partial charge in [0.1, 0.15) is 5.75 Å². The zero-order valence-corrected chi connectivity index (χ0v) is 17.0. The van der Waals surface area contributed by atoms with E-state index in [2.05, 4.69) is 17.4 Å². The molecule has 1 aliphatic carbocycles. The Balaban J connectivity index is 1.51. The molecule has 0 aliphatic heterocycles. The average Bonchev–Trinajstić information content (AvgIpc) is 2.67. The summed E-state index contributed by atoms with van der Waals surface area (Å²) >= 11 is 0. The Hall–Kier alpha value is -2.38. The van der Waals surface area contributed by atoms with Gasteiger partial charge in [-0.1, -0.05) is 36.4 Å². The summed E-state index contributed by atoms with van der Waals surface area (Å²) in [5.74, 6) is 0.424. The molecule has 0 radical (unpaired) electrons. The van der Waals surface area contributed by atoms with Crippen LogP contribution in [-0.4, -0.2) is 38.5 Å². The second kappa shape index (κ2) is 8.75. The van der Waals surface area contributed by atoms with Crippen LogP contribution in [0.25, 0.3) is 0 Å². The molecule has 1 amide bonds. The first-order valence-corrected chi connectivity index (χ1v) is 11.2. The molecule has 28 heavy (non-hydrogen) atoms. The maximum atomic E-state index is 12.3. The molecule has 0 saturated heterocycles. The van der Waals surface area contributed by atoms with E-state index >= 15 is 0 Å². The standard InChI is InChI=1S/C21H26N2O4S/c1-23(28(2,25)26)14-16-10-12-18(13-11-16)27-15-21(24)22-20-9-5-7-17-6-3-4-8-19(17)20/h3-4,6,8,10-13,20H,5,7,9,14-15H2,1-2H3,(H,22,24)/t20-/m0/s1. The van der Waals surface area contributed by atoms with Crippen LogP contribution in [-0.2, 0) is 27.8 Å². The van der Waals surface area contributed by atoms with E-state index in [9.17, 15) is 13.2 Å². The van der Waals surface area contributed by atoms with Gasteiger partial charge in [0.15, 0.2) is 6.61 Å². The second-order valence-electron chi connectivity index (χ2n) is 7.16. The summed E-state index contributed by atoms with van der Waals surface area (Å²) in [6.45, 7) is 0.238. The molecule has 1 aliphatic rings. The lowest BCUT2D eigenvalue weighted by atomic mass is 9.88. The number of benzene rings is 2. The number of rotatable bonds is 7. The number of carbonyl (C=O) groups is 1. The van der Waals surface area contributed by atoms with Crippen LogP contribution in [0.2, 0.25) is 0 Å². The first kappa shape index (κ1) is 20.4. The average molecular weight is 403 g/mol. The maximum Gasteiger partial charge on any atom is 0.258 e. The van der Waals surface area contributed by atoms with Crippen molar-refractivity contribution < 1.29 is 17.9 Å². The molecule has 6 nitrogen and oxygen atoms in total. The third kappa shape index (κ3) is 5.33. The van der Waals surface area contributed by atoms with Gasteiger partial charge in [-0.3, -0.25) is 4.79 Å². The Morgan fingerprint density at radius 1 is 1.18 bits per heavy atom. The molecule has 1 N–H and O–H groups in total. The van der Waals surface area contributed by atoms with E-state index in [-0.39, 0.29) is 18.6 Å². The normalized spacial score (nSPS) is 16.5. The lowest BCUT2D eigenvalue weighted by molar-refractivity contribution is -0.123. The largest absolute Gasteiger partial charge is 0.484 e. The van der Waals surface area contributed by atoms with Crippen molar-refractivity contribution in [3.05, 3.63) is 65.2 Å². The van der Waals surface area contributed by atoms with E-state index in [1.54, 1.807) is 24.3 Å². The Bertz CT molecular complexity index is 926. The fourth-order valence-electron chi connectivity index (χ4n) is 3.35. The summed E-state index contributed by atoms with van der Waals surface area (Å²) in [6.07, 6.45) is 4.23. The highest BCUT2D eigenvalue weighted by Gasteiger charge is 2.21. The molecule has 2 aromatic rings. The predicted octanol–water partition coefficient (Wildman–Crippen LogP) is 2.65. The summed E-state index contributed by atoms with van der Waals surface area (Å²) < 4.78 is 29.8. The first-order valence-electron chi connectivity index (χ1n) is 9.33. The lowest BCUT2D eigenvalue weighted by Crippen LogP contribution is -2.34. The molecule has 150 valence electrons. The molecule has 0 fully saturated rings. The summed E-state index contributed by atoms with van der Waals surface area (Å²) in [7, 11) is -1.68. The van der Waals surface area contributed by atoms with E-state index in [0.717, 1.165) is 24.8 Å². The number of amides is 1. The van der Waals surface area contributed by atoms with Gasteiger partial charge in [-0.05, 0) is 48.1 Å². The van der Waals surface area contributed by atoms with Crippen LogP contribution in [0.3, 0.4) is 0 Å². The van der Waals surface area contributed by atoms with Crippen molar-refractivity contribution in [2.75, 3.05) is 19.9 Å². The number of aryl methyl sites for hydroxylation is 1. The van der Waals surface area contributed by atoms with Gasteiger partial charge in [0, 0.05) is 13.6 Å². The number of fused-ring (bicyclic) bond motifs is 1. The van der Waals surface area contributed by atoms with Gasteiger partial charge in [-0.25, -0.2) is 12.7 Å². The maximum absolute atomic E-state index is 12.3. The van der Waals surface area contributed by atoms with Gasteiger partial charge in [-0.15, -0.1) is 0 Å². The molecule has 3 rings (SSSR count). The number of hydrogen-bond acceptors (Lipinski definition) is 4. The van der Waals surface area contributed by atoms with Crippen LogP contribution in [0.5, 0.6) is 5.75 Å². The van der Waals surface area contributed by atoms with Crippen LogP contribution in [0.4, 0.5) is 0 Å². The van der Waals surface area contributed by atoms with Crippen LogP contribution in [0.15, 0.2) is 48.5 Å². The second-order valence-corrected chi connectivity index (χ2v) is 9.25.